The lowest BCUT2D eigenvalue weighted by atomic mass is 10.0. The van der Waals surface area contributed by atoms with Gasteiger partial charge < -0.3 is 4.90 Å². The Morgan fingerprint density at radius 1 is 1.09 bits per heavy atom. The summed E-state index contributed by atoms with van der Waals surface area (Å²) in [6.07, 6.45) is 2.16. The molecule has 0 aromatic heterocycles. The lowest BCUT2D eigenvalue weighted by Gasteiger charge is -2.29. The molecule has 0 aliphatic heterocycles. The van der Waals surface area contributed by atoms with Gasteiger partial charge >= 0.3 is 0 Å². The predicted molar refractivity (Wildman–Crippen MR) is 87.9 cm³/mol. The van der Waals surface area contributed by atoms with E-state index < -0.39 is 0 Å². The summed E-state index contributed by atoms with van der Waals surface area (Å²) in [5, 5.41) is 0. The summed E-state index contributed by atoms with van der Waals surface area (Å²) in [6, 6.07) is 15.1. The zero-order chi connectivity index (χ0) is 15.5. The van der Waals surface area contributed by atoms with E-state index in [0.29, 0.717) is 18.4 Å². The summed E-state index contributed by atoms with van der Waals surface area (Å²) in [4.78, 5) is 14.2. The van der Waals surface area contributed by atoms with Crippen molar-refractivity contribution in [2.45, 2.75) is 31.7 Å². The molecule has 0 atom stereocenters. The van der Waals surface area contributed by atoms with Gasteiger partial charge in [-0.15, -0.1) is 0 Å². The maximum atomic E-state index is 13.9. The molecule has 2 aromatic rings. The van der Waals surface area contributed by atoms with Gasteiger partial charge in [-0.1, -0.05) is 42.5 Å². The van der Waals surface area contributed by atoms with Crippen molar-refractivity contribution in [1.82, 2.24) is 4.90 Å². The highest BCUT2D eigenvalue weighted by molar-refractivity contribution is 6.19. The second-order valence-electron chi connectivity index (χ2n) is 5.80. The van der Waals surface area contributed by atoms with Crippen LogP contribution in [-0.4, -0.2) is 24.7 Å². The largest absolute Gasteiger partial charge is 0.335 e. The number of carbonyl (C=O) groups is 1. The smallest absolute Gasteiger partial charge is 0.215 e. The Labute approximate surface area is 131 Å². The molecule has 22 heavy (non-hydrogen) atoms. The van der Waals surface area contributed by atoms with Crippen molar-refractivity contribution < 1.29 is 9.18 Å². The van der Waals surface area contributed by atoms with Crippen LogP contribution in [0.15, 0.2) is 48.5 Å². The van der Waals surface area contributed by atoms with E-state index in [1.165, 1.54) is 17.2 Å². The van der Waals surface area contributed by atoms with Gasteiger partial charge in [0.05, 0.1) is 0 Å². The van der Waals surface area contributed by atoms with E-state index in [0.717, 1.165) is 12.8 Å². The molecule has 0 N–H and O–H groups in total. The molecule has 0 saturated carbocycles. The van der Waals surface area contributed by atoms with Crippen LogP contribution in [-0.2, 0) is 24.2 Å². The lowest BCUT2D eigenvalue weighted by Crippen LogP contribution is -2.40. The van der Waals surface area contributed by atoms with Crippen molar-refractivity contribution in [2.75, 3.05) is 0 Å². The topological polar surface area (TPSA) is 20.3 Å². The molecule has 2 aromatic carbocycles. The Hall–Kier alpha value is -2.10. The highest BCUT2D eigenvalue weighted by Gasteiger charge is 2.29. The Balaban J connectivity index is 1.83. The average molecular weight is 295 g/mol. The molecule has 1 aliphatic rings. The summed E-state index contributed by atoms with van der Waals surface area (Å²) in [5.41, 5.74) is 3.19. The van der Waals surface area contributed by atoms with E-state index in [-0.39, 0.29) is 17.8 Å². The molecular weight excluding hydrogens is 276 g/mol. The number of nitrogens with zero attached hydrogens (tertiary/aromatic N) is 1. The number of carbonyl (C=O) groups excluding carboxylic acids is 1. The molecule has 3 rings (SSSR count). The van der Waals surface area contributed by atoms with Gasteiger partial charge in [0.25, 0.3) is 0 Å². The first kappa shape index (κ1) is 14.8. The molecule has 0 fully saturated rings. The van der Waals surface area contributed by atoms with Gasteiger partial charge in [-0.3, -0.25) is 4.79 Å². The Kier molecular flexibility index (Phi) is 4.28. The van der Waals surface area contributed by atoms with Crippen molar-refractivity contribution in [3.8, 4) is 0 Å². The maximum absolute atomic E-state index is 13.9. The second kappa shape index (κ2) is 6.35. The monoisotopic (exact) mass is 295 g/mol. The van der Waals surface area contributed by atoms with E-state index in [2.05, 4.69) is 12.1 Å². The molecule has 2 nitrogen and oxygen atoms in total. The molecule has 1 amide bonds. The molecular formula is C18H19BFNO. The fourth-order valence-electron chi connectivity index (χ4n) is 3.19. The summed E-state index contributed by atoms with van der Waals surface area (Å²) in [6.45, 7) is 0.345. The third-order valence-electron chi connectivity index (χ3n) is 4.39. The standard InChI is InChI=1S/C18H19BFNO/c19-11-18(22)21(12-15-7-3-4-8-17(15)20)16-9-13-5-1-2-6-14(13)10-16/h1-8,16H,9-12,19H2. The molecule has 0 heterocycles. The summed E-state index contributed by atoms with van der Waals surface area (Å²) in [5.74, 6) is -0.159. The Morgan fingerprint density at radius 3 is 2.27 bits per heavy atom. The Morgan fingerprint density at radius 2 is 1.68 bits per heavy atom. The zero-order valence-corrected chi connectivity index (χ0v) is 12.8. The third kappa shape index (κ3) is 2.91. The van der Waals surface area contributed by atoms with Crippen LogP contribution in [0.4, 0.5) is 4.39 Å². The average Bonchev–Trinajstić information content (AvgIpc) is 2.97. The molecule has 0 unspecified atom stereocenters. The van der Waals surface area contributed by atoms with Crippen LogP contribution in [0.2, 0.25) is 6.32 Å². The van der Waals surface area contributed by atoms with Crippen molar-refractivity contribution in [1.29, 1.82) is 0 Å². The lowest BCUT2D eigenvalue weighted by molar-refractivity contribution is -0.131. The third-order valence-corrected chi connectivity index (χ3v) is 4.39. The Bertz CT molecular complexity index is 663. The number of rotatable bonds is 4. The predicted octanol–water partition coefficient (Wildman–Crippen LogP) is 2.37. The molecule has 0 saturated heterocycles. The van der Waals surface area contributed by atoms with Crippen LogP contribution >= 0.6 is 0 Å². The van der Waals surface area contributed by atoms with Gasteiger partial charge in [0.1, 0.15) is 13.7 Å². The van der Waals surface area contributed by atoms with Crippen LogP contribution in [0.3, 0.4) is 0 Å². The molecule has 4 heteroatoms. The fraction of sp³-hybridized carbons (Fsp3) is 0.278. The van der Waals surface area contributed by atoms with Crippen LogP contribution in [0.5, 0.6) is 0 Å². The molecule has 112 valence electrons. The van der Waals surface area contributed by atoms with Gasteiger partial charge in [-0.25, -0.2) is 4.39 Å². The molecule has 1 aliphatic carbocycles. The first-order valence-electron chi connectivity index (χ1n) is 7.78. The van der Waals surface area contributed by atoms with Gasteiger partial charge in [0.2, 0.25) is 5.91 Å². The van der Waals surface area contributed by atoms with Crippen LogP contribution < -0.4 is 0 Å². The number of benzene rings is 2. The minimum Gasteiger partial charge on any atom is -0.335 e. The van der Waals surface area contributed by atoms with E-state index in [1.807, 2.05) is 30.9 Å². The van der Waals surface area contributed by atoms with Gasteiger partial charge in [-0.05, 0) is 36.4 Å². The number of hydrogen-bond donors (Lipinski definition) is 0. The molecule has 0 radical (unpaired) electrons. The number of halogens is 1. The molecule has 0 bridgehead atoms. The first-order chi connectivity index (χ1) is 10.7. The van der Waals surface area contributed by atoms with E-state index in [4.69, 9.17) is 0 Å². The number of hydrogen-bond acceptors (Lipinski definition) is 1. The zero-order valence-electron chi connectivity index (χ0n) is 12.8. The van der Waals surface area contributed by atoms with Crippen LogP contribution in [0, 0.1) is 5.82 Å². The van der Waals surface area contributed by atoms with Crippen molar-refractivity contribution in [3.63, 3.8) is 0 Å². The fourth-order valence-corrected chi connectivity index (χ4v) is 3.19. The van der Waals surface area contributed by atoms with Crippen molar-refractivity contribution >= 4 is 13.8 Å². The minimum atomic E-state index is -0.244. The van der Waals surface area contributed by atoms with Gasteiger partial charge in [-0.2, -0.15) is 0 Å². The highest BCUT2D eigenvalue weighted by Crippen LogP contribution is 2.27. The summed E-state index contributed by atoms with van der Waals surface area (Å²) < 4.78 is 13.9. The highest BCUT2D eigenvalue weighted by atomic mass is 19.1. The number of amides is 1. The number of fused-ring (bicyclic) bond motifs is 1. The summed E-state index contributed by atoms with van der Waals surface area (Å²) >= 11 is 0. The molecule has 0 spiro atoms. The van der Waals surface area contributed by atoms with Crippen molar-refractivity contribution in [2.24, 2.45) is 0 Å². The van der Waals surface area contributed by atoms with Crippen molar-refractivity contribution in [3.05, 3.63) is 71.0 Å². The second-order valence-corrected chi connectivity index (χ2v) is 5.80. The normalized spacial score (nSPS) is 13.9. The SMILES string of the molecule is BCC(=O)N(Cc1ccccc1F)C1Cc2ccccc2C1. The first-order valence-corrected chi connectivity index (χ1v) is 7.78. The van der Waals surface area contributed by atoms with Gasteiger partial charge in [0.15, 0.2) is 0 Å². The van der Waals surface area contributed by atoms with E-state index >= 15 is 0 Å². The van der Waals surface area contributed by atoms with E-state index in [9.17, 15) is 9.18 Å². The van der Waals surface area contributed by atoms with Crippen LogP contribution in [0.1, 0.15) is 16.7 Å². The minimum absolute atomic E-state index is 0.0843. The van der Waals surface area contributed by atoms with Gasteiger partial charge in [0, 0.05) is 18.2 Å². The van der Waals surface area contributed by atoms with Crippen LogP contribution in [0.25, 0.3) is 0 Å². The quantitative estimate of drug-likeness (QED) is 0.793. The summed E-state index contributed by atoms with van der Waals surface area (Å²) in [7, 11) is 1.86. The van der Waals surface area contributed by atoms with E-state index in [1.54, 1.807) is 12.1 Å². The maximum Gasteiger partial charge on any atom is 0.215 e.